The van der Waals surface area contributed by atoms with Crippen molar-refractivity contribution in [1.82, 2.24) is 24.9 Å². The normalized spacial score (nSPS) is 14.3. The highest BCUT2D eigenvalue weighted by Gasteiger charge is 2.20. The summed E-state index contributed by atoms with van der Waals surface area (Å²) in [7, 11) is 1.76. The fourth-order valence-electron chi connectivity index (χ4n) is 4.13. The Kier molecular flexibility index (Phi) is 5.18. The SMILES string of the molecule is Cn1cc(-c2cc(F)c3[nH]nc(C(=O)Nc4ccc(CN5CCCC5)cc4F)c3c2)cn1. The molecule has 4 aromatic rings. The molecule has 0 radical (unpaired) electrons. The number of amides is 1. The van der Waals surface area contributed by atoms with Gasteiger partial charge >= 0.3 is 0 Å². The highest BCUT2D eigenvalue weighted by atomic mass is 19.1. The van der Waals surface area contributed by atoms with Crippen LogP contribution in [0.1, 0.15) is 28.9 Å². The first kappa shape index (κ1) is 20.3. The Morgan fingerprint density at radius 1 is 1.12 bits per heavy atom. The van der Waals surface area contributed by atoms with Gasteiger partial charge in [0.05, 0.1) is 11.9 Å². The molecule has 1 amide bonds. The van der Waals surface area contributed by atoms with E-state index in [1.165, 1.54) is 12.1 Å². The van der Waals surface area contributed by atoms with Crippen molar-refractivity contribution in [3.8, 4) is 11.1 Å². The summed E-state index contributed by atoms with van der Waals surface area (Å²) in [5, 5.41) is 13.5. The summed E-state index contributed by atoms with van der Waals surface area (Å²) in [4.78, 5) is 15.1. The zero-order valence-corrected chi connectivity index (χ0v) is 17.5. The van der Waals surface area contributed by atoms with Crippen molar-refractivity contribution < 1.29 is 13.6 Å². The number of anilines is 1. The minimum Gasteiger partial charge on any atom is -0.318 e. The standard InChI is InChI=1S/C23H22F2N6O/c1-30-13-16(11-26-30)15-9-17-21(19(25)10-15)28-29-22(17)23(32)27-20-5-4-14(8-18(20)24)12-31-6-2-3-7-31/h4-5,8-11,13H,2-3,6-7,12H2,1H3,(H,27,32)(H,28,29). The number of nitrogens with one attached hydrogen (secondary N) is 2. The molecule has 2 aromatic carbocycles. The fourth-order valence-corrected chi connectivity index (χ4v) is 4.13. The van der Waals surface area contributed by atoms with Crippen LogP contribution in [-0.4, -0.2) is 43.9 Å². The third-order valence-electron chi connectivity index (χ3n) is 5.76. The van der Waals surface area contributed by atoms with Gasteiger partial charge in [0.2, 0.25) is 0 Å². The van der Waals surface area contributed by atoms with Crippen molar-refractivity contribution in [2.75, 3.05) is 18.4 Å². The topological polar surface area (TPSA) is 78.8 Å². The first-order chi connectivity index (χ1) is 15.5. The maximum atomic E-state index is 14.7. The van der Waals surface area contributed by atoms with E-state index in [1.54, 1.807) is 42.3 Å². The first-order valence-electron chi connectivity index (χ1n) is 10.5. The summed E-state index contributed by atoms with van der Waals surface area (Å²) >= 11 is 0. The number of fused-ring (bicyclic) bond motifs is 1. The summed E-state index contributed by atoms with van der Waals surface area (Å²) in [6.07, 6.45) is 5.69. The molecule has 0 atom stereocenters. The molecule has 0 aliphatic carbocycles. The van der Waals surface area contributed by atoms with E-state index in [1.807, 2.05) is 0 Å². The van der Waals surface area contributed by atoms with Gasteiger partial charge in [-0.15, -0.1) is 0 Å². The van der Waals surface area contributed by atoms with Crippen LogP contribution >= 0.6 is 0 Å². The lowest BCUT2D eigenvalue weighted by molar-refractivity contribution is 0.102. The van der Waals surface area contributed by atoms with E-state index >= 15 is 0 Å². The Morgan fingerprint density at radius 2 is 1.94 bits per heavy atom. The van der Waals surface area contributed by atoms with Gasteiger partial charge in [-0.3, -0.25) is 19.5 Å². The van der Waals surface area contributed by atoms with E-state index in [0.29, 0.717) is 23.1 Å². The minimum atomic E-state index is -0.620. The zero-order valence-electron chi connectivity index (χ0n) is 17.5. The van der Waals surface area contributed by atoms with E-state index in [9.17, 15) is 13.6 Å². The number of aromatic nitrogens is 4. The molecular formula is C23H22F2N6O. The summed E-state index contributed by atoms with van der Waals surface area (Å²) in [5.74, 6) is -1.67. The monoisotopic (exact) mass is 436 g/mol. The van der Waals surface area contributed by atoms with E-state index < -0.39 is 17.5 Å². The highest BCUT2D eigenvalue weighted by molar-refractivity contribution is 6.11. The third kappa shape index (κ3) is 3.87. The number of hydrogen-bond acceptors (Lipinski definition) is 4. The van der Waals surface area contributed by atoms with Gasteiger partial charge in [-0.05, 0) is 61.3 Å². The predicted octanol–water partition coefficient (Wildman–Crippen LogP) is 4.09. The molecular weight excluding hydrogens is 414 g/mol. The quantitative estimate of drug-likeness (QED) is 0.494. The van der Waals surface area contributed by atoms with Gasteiger partial charge < -0.3 is 5.32 Å². The van der Waals surface area contributed by atoms with Crippen LogP contribution in [0.4, 0.5) is 14.5 Å². The molecule has 1 aliphatic rings. The molecule has 3 heterocycles. The fraction of sp³-hybridized carbons (Fsp3) is 0.261. The second kappa shape index (κ2) is 8.16. The molecule has 5 rings (SSSR count). The van der Waals surface area contributed by atoms with Crippen LogP contribution in [0.3, 0.4) is 0 Å². The summed E-state index contributed by atoms with van der Waals surface area (Å²) in [6, 6.07) is 7.83. The molecule has 164 valence electrons. The lowest BCUT2D eigenvalue weighted by Gasteiger charge is -2.15. The van der Waals surface area contributed by atoms with Crippen molar-refractivity contribution >= 4 is 22.5 Å². The van der Waals surface area contributed by atoms with Gasteiger partial charge in [-0.1, -0.05) is 6.07 Å². The van der Waals surface area contributed by atoms with Gasteiger partial charge in [0.25, 0.3) is 5.91 Å². The Hall–Kier alpha value is -3.59. The molecule has 2 aromatic heterocycles. The number of aromatic amines is 1. The number of H-pyrrole nitrogens is 1. The molecule has 2 N–H and O–H groups in total. The van der Waals surface area contributed by atoms with Gasteiger partial charge in [0.1, 0.15) is 17.2 Å². The van der Waals surface area contributed by atoms with Gasteiger partial charge in [-0.2, -0.15) is 10.2 Å². The number of nitrogens with zero attached hydrogens (tertiary/aromatic N) is 4. The summed E-state index contributed by atoms with van der Waals surface area (Å²) in [6.45, 7) is 2.72. The number of aryl methyl sites for hydroxylation is 1. The highest BCUT2D eigenvalue weighted by Crippen LogP contribution is 2.28. The lowest BCUT2D eigenvalue weighted by atomic mass is 10.1. The smallest absolute Gasteiger partial charge is 0.276 e. The van der Waals surface area contributed by atoms with Crippen molar-refractivity contribution in [2.24, 2.45) is 7.05 Å². The number of carbonyl (C=O) groups is 1. The van der Waals surface area contributed by atoms with Crippen molar-refractivity contribution in [2.45, 2.75) is 19.4 Å². The molecule has 0 saturated carbocycles. The van der Waals surface area contributed by atoms with E-state index in [4.69, 9.17) is 0 Å². The minimum absolute atomic E-state index is 0.00909. The molecule has 32 heavy (non-hydrogen) atoms. The van der Waals surface area contributed by atoms with Crippen LogP contribution in [0.25, 0.3) is 22.0 Å². The molecule has 0 unspecified atom stereocenters. The molecule has 7 nitrogen and oxygen atoms in total. The average molecular weight is 436 g/mol. The van der Waals surface area contributed by atoms with Gasteiger partial charge in [-0.25, -0.2) is 8.78 Å². The largest absolute Gasteiger partial charge is 0.318 e. The Bertz CT molecular complexity index is 1310. The van der Waals surface area contributed by atoms with Gasteiger partial charge in [0, 0.05) is 30.7 Å². The van der Waals surface area contributed by atoms with Crippen molar-refractivity contribution in [3.05, 3.63) is 65.6 Å². The van der Waals surface area contributed by atoms with E-state index in [-0.39, 0.29) is 16.9 Å². The second-order valence-electron chi connectivity index (χ2n) is 8.11. The van der Waals surface area contributed by atoms with E-state index in [2.05, 4.69) is 25.5 Å². The Balaban J connectivity index is 1.40. The van der Waals surface area contributed by atoms with Crippen LogP contribution in [0.15, 0.2) is 42.7 Å². The summed E-state index contributed by atoms with van der Waals surface area (Å²) in [5.41, 5.74) is 2.29. The van der Waals surface area contributed by atoms with Crippen molar-refractivity contribution in [3.63, 3.8) is 0 Å². The maximum Gasteiger partial charge on any atom is 0.276 e. The number of benzene rings is 2. The van der Waals surface area contributed by atoms with Crippen LogP contribution in [0, 0.1) is 11.6 Å². The second-order valence-corrected chi connectivity index (χ2v) is 8.11. The number of carbonyl (C=O) groups excluding carboxylic acids is 1. The lowest BCUT2D eigenvalue weighted by Crippen LogP contribution is -2.18. The molecule has 9 heteroatoms. The molecule has 1 aliphatic heterocycles. The van der Waals surface area contributed by atoms with Crippen LogP contribution in [0.5, 0.6) is 0 Å². The molecule has 0 bridgehead atoms. The number of hydrogen-bond donors (Lipinski definition) is 2. The van der Waals surface area contributed by atoms with Gasteiger partial charge in [0.15, 0.2) is 5.69 Å². The maximum absolute atomic E-state index is 14.7. The number of rotatable bonds is 5. The molecule has 1 fully saturated rings. The average Bonchev–Trinajstić information content (AvgIpc) is 3.51. The third-order valence-corrected chi connectivity index (χ3v) is 5.76. The Morgan fingerprint density at radius 3 is 2.66 bits per heavy atom. The number of likely N-dealkylation sites (tertiary alicyclic amines) is 1. The molecule has 1 saturated heterocycles. The molecule has 0 spiro atoms. The van der Waals surface area contributed by atoms with Crippen LogP contribution < -0.4 is 5.32 Å². The number of halogens is 2. The Labute approximate surface area is 183 Å². The van der Waals surface area contributed by atoms with E-state index in [0.717, 1.165) is 31.5 Å². The van der Waals surface area contributed by atoms with Crippen LogP contribution in [0.2, 0.25) is 0 Å². The first-order valence-corrected chi connectivity index (χ1v) is 10.5. The predicted molar refractivity (Wildman–Crippen MR) is 117 cm³/mol. The summed E-state index contributed by atoms with van der Waals surface area (Å²) < 4.78 is 30.9. The van der Waals surface area contributed by atoms with Crippen molar-refractivity contribution in [1.29, 1.82) is 0 Å². The van der Waals surface area contributed by atoms with Crippen LogP contribution in [-0.2, 0) is 13.6 Å². The zero-order chi connectivity index (χ0) is 22.2.